The molecule has 1 heterocycles. The Hall–Kier alpha value is -2.10. The van der Waals surface area contributed by atoms with Gasteiger partial charge in [0, 0.05) is 18.8 Å². The van der Waals surface area contributed by atoms with E-state index in [1.165, 1.54) is 31.2 Å². The van der Waals surface area contributed by atoms with Crippen molar-refractivity contribution in [2.75, 3.05) is 0 Å². The van der Waals surface area contributed by atoms with Crippen LogP contribution in [-0.2, 0) is 16.1 Å². The van der Waals surface area contributed by atoms with Crippen molar-refractivity contribution in [3.05, 3.63) is 53.6 Å². The van der Waals surface area contributed by atoms with Gasteiger partial charge in [0.25, 0.3) is 0 Å². The molecule has 0 saturated carbocycles. The third-order valence-electron chi connectivity index (χ3n) is 4.72. The largest absolute Gasteiger partial charge is 0.456 e. The highest BCUT2D eigenvalue weighted by molar-refractivity contribution is 5.69. The van der Waals surface area contributed by atoms with Gasteiger partial charge in [0.2, 0.25) is 0 Å². The van der Waals surface area contributed by atoms with Gasteiger partial charge < -0.3 is 9.30 Å². The number of esters is 1. The summed E-state index contributed by atoms with van der Waals surface area (Å²) in [4.78, 5) is 16.5. The van der Waals surface area contributed by atoms with Crippen molar-refractivity contribution in [1.29, 1.82) is 0 Å². The van der Waals surface area contributed by atoms with Crippen molar-refractivity contribution in [3.8, 4) is 0 Å². The summed E-state index contributed by atoms with van der Waals surface area (Å²) in [5.41, 5.74) is 3.44. The van der Waals surface area contributed by atoms with Gasteiger partial charge in [-0.1, -0.05) is 62.8 Å². The molecule has 142 valence electrons. The number of aromatic nitrogens is 2. The molecule has 26 heavy (non-hydrogen) atoms. The second-order valence-electron chi connectivity index (χ2n) is 7.12. The molecule has 2 rings (SSSR count). The zero-order chi connectivity index (χ0) is 18.8. The topological polar surface area (TPSA) is 44.1 Å². The number of aryl methyl sites for hydroxylation is 2. The molecule has 2 aromatic rings. The Morgan fingerprint density at radius 3 is 2.62 bits per heavy atom. The maximum atomic E-state index is 12.4. The van der Waals surface area contributed by atoms with Crippen LogP contribution in [0.5, 0.6) is 0 Å². The van der Waals surface area contributed by atoms with Gasteiger partial charge in [0.05, 0.1) is 12.9 Å². The molecule has 0 aliphatic heterocycles. The fourth-order valence-electron chi connectivity index (χ4n) is 3.24. The molecule has 4 heteroatoms. The monoisotopic (exact) mass is 356 g/mol. The third kappa shape index (κ3) is 6.66. The van der Waals surface area contributed by atoms with E-state index in [9.17, 15) is 4.79 Å². The molecule has 1 aromatic heterocycles. The average molecular weight is 357 g/mol. The van der Waals surface area contributed by atoms with Crippen LogP contribution in [-0.4, -0.2) is 15.5 Å². The summed E-state index contributed by atoms with van der Waals surface area (Å²) < 4.78 is 7.83. The average Bonchev–Trinajstić information content (AvgIpc) is 3.10. The third-order valence-corrected chi connectivity index (χ3v) is 4.72. The van der Waals surface area contributed by atoms with Crippen LogP contribution in [0, 0.1) is 13.8 Å². The van der Waals surface area contributed by atoms with Crippen molar-refractivity contribution in [1.82, 2.24) is 9.55 Å². The van der Waals surface area contributed by atoms with Crippen LogP contribution in [0.2, 0.25) is 0 Å². The Morgan fingerprint density at radius 1 is 1.15 bits per heavy atom. The smallest absolute Gasteiger partial charge is 0.306 e. The number of hydrogen-bond donors (Lipinski definition) is 0. The minimum atomic E-state index is -0.280. The lowest BCUT2D eigenvalue weighted by Gasteiger charge is -2.21. The molecule has 1 atom stereocenters. The Bertz CT molecular complexity index is 665. The van der Waals surface area contributed by atoms with E-state index in [4.69, 9.17) is 4.74 Å². The normalized spacial score (nSPS) is 12.1. The van der Waals surface area contributed by atoms with Crippen LogP contribution < -0.4 is 0 Å². The first-order valence-corrected chi connectivity index (χ1v) is 9.82. The Balaban J connectivity index is 1.94. The second kappa shape index (κ2) is 10.8. The standard InChI is InChI=1S/C22H32N2O2/c1-4-5-6-7-8-9-10-22(25)26-21(16-24-14-13-23-17-24)20-12-11-18(2)15-19(20)3/h11-15,17,21H,4-10,16H2,1-3H3. The molecule has 1 unspecified atom stereocenters. The summed E-state index contributed by atoms with van der Waals surface area (Å²) in [5.74, 6) is -0.106. The summed E-state index contributed by atoms with van der Waals surface area (Å²) in [6.07, 6.45) is 12.6. The molecule has 1 aromatic carbocycles. The number of imidazole rings is 1. The van der Waals surface area contributed by atoms with Crippen LogP contribution >= 0.6 is 0 Å². The van der Waals surface area contributed by atoms with Gasteiger partial charge in [0.1, 0.15) is 6.10 Å². The van der Waals surface area contributed by atoms with Crippen molar-refractivity contribution >= 4 is 5.97 Å². The van der Waals surface area contributed by atoms with E-state index in [-0.39, 0.29) is 12.1 Å². The number of carbonyl (C=O) groups excluding carboxylic acids is 1. The lowest BCUT2D eigenvalue weighted by atomic mass is 10.0. The molecule has 0 aliphatic rings. The van der Waals surface area contributed by atoms with Gasteiger partial charge in [-0.15, -0.1) is 0 Å². The first-order chi connectivity index (χ1) is 12.6. The molecular weight excluding hydrogens is 324 g/mol. The van der Waals surface area contributed by atoms with E-state index in [0.717, 1.165) is 24.0 Å². The summed E-state index contributed by atoms with van der Waals surface area (Å²) in [6, 6.07) is 6.28. The number of hydrogen-bond acceptors (Lipinski definition) is 3. The number of rotatable bonds is 11. The number of ether oxygens (including phenoxy) is 1. The first-order valence-electron chi connectivity index (χ1n) is 9.82. The molecule has 0 fully saturated rings. The molecule has 0 radical (unpaired) electrons. The fourth-order valence-corrected chi connectivity index (χ4v) is 3.24. The van der Waals surface area contributed by atoms with Gasteiger partial charge in [0.15, 0.2) is 0 Å². The number of benzene rings is 1. The van der Waals surface area contributed by atoms with Gasteiger partial charge in [-0.2, -0.15) is 0 Å². The van der Waals surface area contributed by atoms with Crippen LogP contribution in [0.3, 0.4) is 0 Å². The summed E-state index contributed by atoms with van der Waals surface area (Å²) >= 11 is 0. The molecule has 4 nitrogen and oxygen atoms in total. The lowest BCUT2D eigenvalue weighted by Crippen LogP contribution is -2.17. The Labute approximate surface area is 157 Å². The van der Waals surface area contributed by atoms with Gasteiger partial charge in [-0.05, 0) is 31.4 Å². The van der Waals surface area contributed by atoms with E-state index in [0.29, 0.717) is 13.0 Å². The minimum absolute atomic E-state index is 0.106. The van der Waals surface area contributed by atoms with E-state index >= 15 is 0 Å². The number of nitrogens with zero attached hydrogens (tertiary/aromatic N) is 2. The lowest BCUT2D eigenvalue weighted by molar-refractivity contribution is -0.150. The second-order valence-corrected chi connectivity index (χ2v) is 7.12. The zero-order valence-corrected chi connectivity index (χ0v) is 16.4. The van der Waals surface area contributed by atoms with Crippen molar-refractivity contribution in [3.63, 3.8) is 0 Å². The van der Waals surface area contributed by atoms with Crippen molar-refractivity contribution in [2.24, 2.45) is 0 Å². The molecule has 0 aliphatic carbocycles. The van der Waals surface area contributed by atoms with Crippen molar-refractivity contribution < 1.29 is 9.53 Å². The van der Waals surface area contributed by atoms with Crippen LogP contribution in [0.15, 0.2) is 36.9 Å². The minimum Gasteiger partial charge on any atom is -0.456 e. The number of carbonyl (C=O) groups is 1. The summed E-state index contributed by atoms with van der Waals surface area (Å²) in [6.45, 7) is 6.95. The van der Waals surface area contributed by atoms with E-state index < -0.39 is 0 Å². The van der Waals surface area contributed by atoms with Crippen LogP contribution in [0.25, 0.3) is 0 Å². The Kier molecular flexibility index (Phi) is 8.39. The number of unbranched alkanes of at least 4 members (excludes halogenated alkanes) is 5. The highest BCUT2D eigenvalue weighted by Gasteiger charge is 2.19. The molecule has 0 saturated heterocycles. The van der Waals surface area contributed by atoms with Crippen LogP contribution in [0.4, 0.5) is 0 Å². The quantitative estimate of drug-likeness (QED) is 0.392. The van der Waals surface area contributed by atoms with Gasteiger partial charge in [-0.3, -0.25) is 4.79 Å². The molecule has 0 bridgehead atoms. The molecule has 0 amide bonds. The fraction of sp³-hybridized carbons (Fsp3) is 0.545. The van der Waals surface area contributed by atoms with E-state index in [1.807, 2.05) is 10.8 Å². The van der Waals surface area contributed by atoms with E-state index in [2.05, 4.69) is 44.0 Å². The van der Waals surface area contributed by atoms with Gasteiger partial charge in [-0.25, -0.2) is 4.98 Å². The van der Waals surface area contributed by atoms with E-state index in [1.54, 1.807) is 12.5 Å². The predicted molar refractivity (Wildman–Crippen MR) is 105 cm³/mol. The molecule has 0 N–H and O–H groups in total. The summed E-state index contributed by atoms with van der Waals surface area (Å²) in [5, 5.41) is 0. The highest BCUT2D eigenvalue weighted by Crippen LogP contribution is 2.25. The van der Waals surface area contributed by atoms with Crippen molar-refractivity contribution in [2.45, 2.75) is 78.4 Å². The highest BCUT2D eigenvalue weighted by atomic mass is 16.5. The maximum absolute atomic E-state index is 12.4. The maximum Gasteiger partial charge on any atom is 0.306 e. The Morgan fingerprint density at radius 2 is 1.92 bits per heavy atom. The predicted octanol–water partition coefficient (Wildman–Crippen LogP) is 5.54. The van der Waals surface area contributed by atoms with Crippen LogP contribution in [0.1, 0.15) is 74.7 Å². The molecular formula is C22H32N2O2. The van der Waals surface area contributed by atoms with Gasteiger partial charge >= 0.3 is 5.97 Å². The summed E-state index contributed by atoms with van der Waals surface area (Å²) in [7, 11) is 0. The SMILES string of the molecule is CCCCCCCCC(=O)OC(Cn1ccnc1)c1ccc(C)cc1C. The first kappa shape index (κ1) is 20.2. The molecule has 0 spiro atoms. The zero-order valence-electron chi connectivity index (χ0n) is 16.4.